The predicted octanol–water partition coefficient (Wildman–Crippen LogP) is -3.49. The van der Waals surface area contributed by atoms with E-state index in [1.165, 1.54) is 44.2 Å². The first kappa shape index (κ1) is 94.5. The molecular weight excluding hydrogens is 1430 g/mol. The van der Waals surface area contributed by atoms with Gasteiger partial charge in [0.25, 0.3) is 0 Å². The number of carbonyl (C=O) groups excluding carboxylic acids is 12. The average molecular weight is 1530 g/mol. The van der Waals surface area contributed by atoms with Gasteiger partial charge < -0.3 is 111 Å². The molecule has 14 atom stereocenters. The number of nitrogens with two attached hydrogens (primary N) is 4. The van der Waals surface area contributed by atoms with Gasteiger partial charge >= 0.3 is 30.3 Å². The lowest BCUT2D eigenvalue weighted by molar-refractivity contribution is -0.193. The van der Waals surface area contributed by atoms with Crippen molar-refractivity contribution in [3.05, 3.63) is 35.9 Å². The Morgan fingerprint density at radius 2 is 1.15 bits per heavy atom. The Hall–Kier alpha value is -9.55. The summed E-state index contributed by atoms with van der Waals surface area (Å²) in [6.45, 7) is 13.9. The summed E-state index contributed by atoms with van der Waals surface area (Å²) in [5.74, 6) is -22.2. The van der Waals surface area contributed by atoms with Crippen molar-refractivity contribution < 1.29 is 129 Å². The summed E-state index contributed by atoms with van der Waals surface area (Å²) in [7, 11) is 0. The summed E-state index contributed by atoms with van der Waals surface area (Å²) in [4.78, 5) is 193. The maximum Gasteiger partial charge on any atom is 0.490 e. The van der Waals surface area contributed by atoms with E-state index in [9.17, 15) is 94.7 Å². The van der Waals surface area contributed by atoms with Crippen molar-refractivity contribution in [3.8, 4) is 0 Å². The van der Waals surface area contributed by atoms with E-state index >= 15 is 9.59 Å². The molecule has 1 aliphatic heterocycles. The highest BCUT2D eigenvalue weighted by Crippen LogP contribution is 2.32. The summed E-state index contributed by atoms with van der Waals surface area (Å²) in [6.07, 6.45) is -16.7. The molecule has 600 valence electrons. The Morgan fingerprint density at radius 3 is 1.62 bits per heavy atom. The third-order valence-corrected chi connectivity index (χ3v) is 16.2. The van der Waals surface area contributed by atoms with E-state index in [2.05, 4.69) is 52.8 Å². The molecule has 1 aromatic carbocycles. The first-order chi connectivity index (χ1) is 48.9. The number of ether oxygens (including phenoxy) is 1. The van der Waals surface area contributed by atoms with Gasteiger partial charge in [0.2, 0.25) is 65.0 Å². The normalized spacial score (nSPS) is 23.8. The summed E-state index contributed by atoms with van der Waals surface area (Å²) in [5, 5.41) is 82.9. The van der Waals surface area contributed by atoms with Crippen molar-refractivity contribution in [1.82, 2.24) is 53.2 Å². The number of nitrogens with zero attached hydrogens (tertiary/aromatic N) is 1. The minimum atomic E-state index is -5.08. The first-order valence-electron chi connectivity index (χ1n) is 33.5. The van der Waals surface area contributed by atoms with Crippen LogP contribution in [0.1, 0.15) is 145 Å². The number of hydrogen-bond donors (Lipinski definition) is 20. The number of aliphatic hydroxyl groups is 4. The van der Waals surface area contributed by atoms with Gasteiger partial charge in [-0.3, -0.25) is 57.7 Å². The second-order valence-corrected chi connectivity index (χ2v) is 27.2. The Labute approximate surface area is 605 Å². The number of guanidine groups is 1. The topological polar surface area (TPSA) is 606 Å². The lowest BCUT2D eigenvalue weighted by Gasteiger charge is -2.40. The zero-order valence-corrected chi connectivity index (χ0v) is 60.1. The van der Waals surface area contributed by atoms with E-state index in [1.54, 1.807) is 27.7 Å². The summed E-state index contributed by atoms with van der Waals surface area (Å²) >= 11 is 0. The van der Waals surface area contributed by atoms with Crippen LogP contribution in [0.4, 0.5) is 26.3 Å². The summed E-state index contributed by atoms with van der Waals surface area (Å²) in [5.41, 5.74) is 20.6. The van der Waals surface area contributed by atoms with Crippen LogP contribution in [0, 0.1) is 23.2 Å². The first-order valence-corrected chi connectivity index (χ1v) is 33.5. The zero-order chi connectivity index (χ0) is 81.7. The molecule has 106 heavy (non-hydrogen) atoms. The lowest BCUT2D eigenvalue weighted by Crippen LogP contribution is -2.67. The number of nitrogens with one attached hydrogen (secondary N) is 10. The molecule has 1 heterocycles. The molecule has 1 saturated heterocycles. The van der Waals surface area contributed by atoms with E-state index in [0.717, 1.165) is 6.92 Å². The Kier molecular flexibility index (Phi) is 38.5. The highest BCUT2D eigenvalue weighted by atomic mass is 19.4. The van der Waals surface area contributed by atoms with Gasteiger partial charge in [-0.25, -0.2) is 14.4 Å². The summed E-state index contributed by atoms with van der Waals surface area (Å²) in [6, 6.07) is -9.20. The van der Waals surface area contributed by atoms with E-state index < -0.39 is 210 Å². The fourth-order valence-electron chi connectivity index (χ4n) is 10.3. The molecule has 2 fully saturated rings. The van der Waals surface area contributed by atoms with Crippen molar-refractivity contribution in [3.63, 3.8) is 0 Å². The maximum atomic E-state index is 15.5. The number of amides is 11. The van der Waals surface area contributed by atoms with Crippen LogP contribution in [0.2, 0.25) is 0 Å². The number of carboxylic acid groups (broad SMARTS) is 2. The van der Waals surface area contributed by atoms with Crippen LogP contribution in [0.15, 0.2) is 35.3 Å². The van der Waals surface area contributed by atoms with Crippen LogP contribution in [0.25, 0.3) is 0 Å². The molecular formula is C64H101F6N15O21. The van der Waals surface area contributed by atoms with Gasteiger partial charge in [-0.1, -0.05) is 118 Å². The highest BCUT2D eigenvalue weighted by Gasteiger charge is 2.48. The number of benzene rings is 1. The molecule has 0 spiro atoms. The number of alkyl halides is 6. The van der Waals surface area contributed by atoms with Gasteiger partial charge in [0.1, 0.15) is 47.8 Å². The van der Waals surface area contributed by atoms with Gasteiger partial charge in [-0.2, -0.15) is 26.3 Å². The van der Waals surface area contributed by atoms with Gasteiger partial charge in [-0.05, 0) is 74.2 Å². The second-order valence-electron chi connectivity index (χ2n) is 27.2. The number of primary amides is 1. The lowest BCUT2D eigenvalue weighted by atomic mass is 9.79. The molecule has 1 aromatic rings. The van der Waals surface area contributed by atoms with Gasteiger partial charge in [-0.15, -0.1) is 0 Å². The molecule has 24 N–H and O–H groups in total. The number of aliphatic carboxylic acids is 2. The Morgan fingerprint density at radius 1 is 0.660 bits per heavy atom. The molecule has 11 amide bonds. The molecule has 42 heteroatoms. The molecule has 1 saturated carbocycles. The van der Waals surface area contributed by atoms with Crippen LogP contribution in [0.3, 0.4) is 0 Å². The predicted molar refractivity (Wildman–Crippen MR) is 361 cm³/mol. The van der Waals surface area contributed by atoms with Crippen LogP contribution >= 0.6 is 0 Å². The highest BCUT2D eigenvalue weighted by molar-refractivity contribution is 6.01. The molecule has 0 bridgehead atoms. The van der Waals surface area contributed by atoms with Crippen molar-refractivity contribution >= 4 is 88.8 Å². The molecule has 1 aliphatic carbocycles. The zero-order valence-electron chi connectivity index (χ0n) is 60.1. The number of hydrogen-bond acceptors (Lipinski definition) is 21. The number of cyclic esters (lactones) is 1. The molecule has 1 unspecified atom stereocenters. The number of carbonyl (C=O) groups is 14. The standard InChI is InChI=1S/C60H99N15O17.2C2HF3O2/c1-11-31(6)39-52(86)72-40(32(7)77)51(85)66-27-38(78)70-42(45(80)47(62)81)54(88)69-37(28-76)56(90)92-46(33-19-14-12-15-20-33)43(74-57(91)60(22-16-13-17-23-60)75-48(82)34(61)26-59(8,9)10)55(89)73-41(44(79)30(4)5)53(87)68-36(25-29(2)3)50(84)67-35(49(83)71-39)21-18-24-65-58(63)64;2*3-2(4,5)1(6)7/h12,14-15,19-20,29-32,34-37,39-46,76-77,79-80H,11,13,16-18,21-28,61H2,1-10H3,(H2,62,81)(H,66,85)(H,67,84)(H,68,87)(H,69,88)(H,70,78)(H,71,83)(H,72,86)(H,73,89)(H,74,91)(H,75,82)(H4,63,64,65);2*(H,6,7)/t31-,32-,34+,35+,36-,37-,39?,40-,41-,42-,43-,44+,45-,46+;;/m0../s1. The van der Waals surface area contributed by atoms with E-state index in [-0.39, 0.29) is 68.9 Å². The third kappa shape index (κ3) is 32.0. The van der Waals surface area contributed by atoms with Crippen LogP contribution in [-0.2, 0) is 71.9 Å². The molecule has 0 radical (unpaired) electrons. The number of halogens is 6. The number of carboxylic acids is 2. The van der Waals surface area contributed by atoms with Crippen molar-refractivity contribution in [2.24, 2.45) is 51.1 Å². The van der Waals surface area contributed by atoms with Crippen LogP contribution in [0.5, 0.6) is 0 Å². The average Bonchev–Trinajstić information content (AvgIpc) is 0.790. The number of rotatable bonds is 20. The quantitative estimate of drug-likeness (QED) is 0.0198. The van der Waals surface area contributed by atoms with Crippen molar-refractivity contribution in [2.75, 3.05) is 19.7 Å². The number of aliphatic imine (C=N–C) groups is 1. The SMILES string of the molecule is CC[C@H](C)C1NC(=O)[C@@H](CCCN=C(N)N)NC(=O)[C@H](CC(C)C)NC(=O)[C@H]([C@H](O)C(C)C)NC(=O)[C@@H](NC(=O)C2(NC(=O)[C@H](N)CC(C)(C)C)CCCCC2)[C@@H](c2ccccc2)OC(=O)[C@H](CO)NC(=O)[C@H]([C@H](O)C(N)=O)NC(=O)CNC(=O)[C@H]([C@H](C)O)NC1=O.O=C(O)C(F)(F)F.O=C(O)C(F)(F)F. The molecule has 0 aromatic heterocycles. The monoisotopic (exact) mass is 1530 g/mol. The Balaban J connectivity index is 0.00000362. The Bertz CT molecular complexity index is 3180. The fraction of sp³-hybridized carbons (Fsp3) is 0.672. The van der Waals surface area contributed by atoms with Crippen molar-refractivity contribution in [1.29, 1.82) is 0 Å². The largest absolute Gasteiger partial charge is 0.490 e. The van der Waals surface area contributed by atoms with Gasteiger partial charge in [0, 0.05) is 6.54 Å². The number of esters is 1. The van der Waals surface area contributed by atoms with Gasteiger partial charge in [0.15, 0.2) is 24.2 Å². The third-order valence-electron chi connectivity index (χ3n) is 16.2. The minimum Gasteiger partial charge on any atom is -0.475 e. The van der Waals surface area contributed by atoms with Crippen LogP contribution in [-0.4, -0.2) is 230 Å². The fourth-order valence-corrected chi connectivity index (χ4v) is 10.3. The van der Waals surface area contributed by atoms with Crippen LogP contribution < -0.4 is 76.1 Å². The van der Waals surface area contributed by atoms with Gasteiger partial charge in [0.05, 0.1) is 31.4 Å². The smallest absolute Gasteiger partial charge is 0.475 e. The number of aliphatic hydroxyl groups excluding tert-OH is 4. The molecule has 36 nitrogen and oxygen atoms in total. The van der Waals surface area contributed by atoms with E-state index in [4.69, 9.17) is 47.5 Å². The summed E-state index contributed by atoms with van der Waals surface area (Å²) < 4.78 is 69.5. The maximum absolute atomic E-state index is 15.5. The minimum absolute atomic E-state index is 0.0160. The van der Waals surface area contributed by atoms with E-state index in [1.807, 2.05) is 26.1 Å². The van der Waals surface area contributed by atoms with E-state index in [0.29, 0.717) is 19.3 Å². The molecule has 2 aliphatic rings. The van der Waals surface area contributed by atoms with Crippen molar-refractivity contribution in [2.45, 2.75) is 230 Å². The molecule has 3 rings (SSSR count). The second kappa shape index (κ2) is 43.2.